The van der Waals surface area contributed by atoms with Gasteiger partial charge < -0.3 is 19.9 Å². The number of carbonyl (C=O) groups excluding carboxylic acids is 3. The highest BCUT2D eigenvalue weighted by Gasteiger charge is 2.43. The molecular weight excluding hydrogens is 647 g/mol. The molecule has 2 aromatic rings. The first-order valence-corrected chi connectivity index (χ1v) is 17.3. The minimum Gasteiger partial charge on any atom is -0.444 e. The fourth-order valence-electron chi connectivity index (χ4n) is 5.85. The van der Waals surface area contributed by atoms with Crippen LogP contribution >= 0.6 is 11.6 Å². The van der Waals surface area contributed by atoms with Crippen molar-refractivity contribution in [3.63, 3.8) is 0 Å². The van der Waals surface area contributed by atoms with Crippen molar-refractivity contribution in [2.45, 2.75) is 63.0 Å². The highest BCUT2D eigenvalue weighted by molar-refractivity contribution is 7.93. The molecule has 0 bridgehead atoms. The summed E-state index contributed by atoms with van der Waals surface area (Å²) in [6.07, 6.45) is 4.56. The van der Waals surface area contributed by atoms with Crippen LogP contribution in [0.15, 0.2) is 72.7 Å². The number of piperidine rings is 1. The van der Waals surface area contributed by atoms with Crippen molar-refractivity contribution < 1.29 is 31.9 Å². The lowest BCUT2D eigenvalue weighted by molar-refractivity contribution is -0.134. The number of sulfonamides is 1. The first kappa shape index (κ1) is 35.9. The maximum absolute atomic E-state index is 13.7. The van der Waals surface area contributed by atoms with Gasteiger partial charge in [-0.15, -0.1) is 13.2 Å². The van der Waals surface area contributed by atoms with Gasteiger partial charge in [-0.3, -0.25) is 13.9 Å². The third kappa shape index (κ3) is 8.34. The third-order valence-corrected chi connectivity index (χ3v) is 10.6. The van der Waals surface area contributed by atoms with Crippen molar-refractivity contribution in [1.82, 2.24) is 15.1 Å². The third-order valence-electron chi connectivity index (χ3n) is 8.36. The Morgan fingerprint density at radius 2 is 1.72 bits per heavy atom. The molecule has 0 aromatic heterocycles. The van der Waals surface area contributed by atoms with Crippen LogP contribution in [0.3, 0.4) is 0 Å². The molecule has 0 spiro atoms. The molecule has 10 nitrogen and oxygen atoms in total. The van der Waals surface area contributed by atoms with Gasteiger partial charge in [0, 0.05) is 37.8 Å². The number of likely N-dealkylation sites (tertiary alicyclic amines) is 2. The van der Waals surface area contributed by atoms with Gasteiger partial charge in [-0.25, -0.2) is 17.6 Å². The Morgan fingerprint density at radius 3 is 2.32 bits per heavy atom. The lowest BCUT2D eigenvalue weighted by Gasteiger charge is -2.41. The summed E-state index contributed by atoms with van der Waals surface area (Å²) < 4.78 is 47.6. The molecule has 0 saturated carbocycles. The first-order chi connectivity index (χ1) is 22.1. The number of hydrogen-bond donors (Lipinski definition) is 1. The summed E-state index contributed by atoms with van der Waals surface area (Å²) in [6, 6.07) is 8.72. The van der Waals surface area contributed by atoms with E-state index in [1.807, 2.05) is 20.8 Å². The van der Waals surface area contributed by atoms with Gasteiger partial charge in [0.1, 0.15) is 16.3 Å². The molecule has 1 unspecified atom stereocenters. The lowest BCUT2D eigenvalue weighted by atomic mass is 9.74. The van der Waals surface area contributed by atoms with Crippen molar-refractivity contribution in [1.29, 1.82) is 0 Å². The molecule has 2 fully saturated rings. The Morgan fingerprint density at radius 1 is 1.06 bits per heavy atom. The quantitative estimate of drug-likeness (QED) is 0.316. The molecule has 4 rings (SSSR count). The van der Waals surface area contributed by atoms with Gasteiger partial charge in [0.2, 0.25) is 5.91 Å². The largest absolute Gasteiger partial charge is 0.444 e. The number of ether oxygens (including phenoxy) is 1. The van der Waals surface area contributed by atoms with Crippen LogP contribution < -0.4 is 9.62 Å². The van der Waals surface area contributed by atoms with Gasteiger partial charge in [-0.1, -0.05) is 23.8 Å². The minimum atomic E-state index is -4.27. The second kappa shape index (κ2) is 14.5. The Kier molecular flexibility index (Phi) is 11.1. The molecule has 254 valence electrons. The zero-order valence-corrected chi connectivity index (χ0v) is 28.6. The molecule has 13 heteroatoms. The summed E-state index contributed by atoms with van der Waals surface area (Å²) in [5.74, 6) is -1.07. The zero-order valence-electron chi connectivity index (χ0n) is 27.0. The highest BCUT2D eigenvalue weighted by Crippen LogP contribution is 2.37. The molecule has 1 atom stereocenters. The average molecular weight is 689 g/mol. The van der Waals surface area contributed by atoms with Crippen LogP contribution in [0.25, 0.3) is 0 Å². The normalized spacial score (nSPS) is 17.9. The van der Waals surface area contributed by atoms with Crippen molar-refractivity contribution in [2.75, 3.05) is 37.0 Å². The molecule has 47 heavy (non-hydrogen) atoms. The van der Waals surface area contributed by atoms with E-state index in [4.69, 9.17) is 16.3 Å². The average Bonchev–Trinajstić information content (AvgIpc) is 3.48. The predicted molar refractivity (Wildman–Crippen MR) is 179 cm³/mol. The first-order valence-electron chi connectivity index (χ1n) is 15.5. The maximum atomic E-state index is 13.7. The van der Waals surface area contributed by atoms with Gasteiger partial charge in [0.15, 0.2) is 0 Å². The second-order valence-electron chi connectivity index (χ2n) is 12.9. The highest BCUT2D eigenvalue weighted by atomic mass is 35.5. The number of hydrogen-bond acceptors (Lipinski definition) is 6. The maximum Gasteiger partial charge on any atom is 0.410 e. The smallest absolute Gasteiger partial charge is 0.410 e. The van der Waals surface area contributed by atoms with Crippen molar-refractivity contribution in [3.8, 4) is 0 Å². The Hall–Kier alpha value is -3.90. The van der Waals surface area contributed by atoms with Crippen LogP contribution in [0, 0.1) is 11.2 Å². The summed E-state index contributed by atoms with van der Waals surface area (Å²) in [5, 5.41) is 3.04. The fraction of sp³-hybridized carbons (Fsp3) is 0.441. The number of anilines is 1. The van der Waals surface area contributed by atoms with E-state index in [1.165, 1.54) is 36.4 Å². The number of allylic oxidation sites excluding steroid dienone is 1. The standard InChI is InChI=1S/C34H42ClFN4O6S/c1-6-15-34(16-20-38(21-17-34)32(43)46-33(3,4)5)31(42)37-26-14-19-39(23-26)30(41)24-8-13-28(35)29(22-24)47(44,45)40(18-7-2)27-11-9-25(36)10-12-27/h6-13,22,26H,1-2,14-21,23H2,3-5H3,(H,37,42). The Balaban J connectivity index is 1.44. The summed E-state index contributed by atoms with van der Waals surface area (Å²) in [6.45, 7) is 14.1. The van der Waals surface area contributed by atoms with E-state index in [0.717, 1.165) is 16.4 Å². The number of carbonyl (C=O) groups is 3. The van der Waals surface area contributed by atoms with Gasteiger partial charge in [-0.05, 0) is 88.9 Å². The SMILES string of the molecule is C=CCN(c1ccc(F)cc1)S(=O)(=O)c1cc(C(=O)N2CCC(NC(=O)C3(CC=C)CCN(C(=O)OC(C)(C)C)CC3)C2)ccc1Cl. The molecule has 2 heterocycles. The lowest BCUT2D eigenvalue weighted by Crippen LogP contribution is -2.53. The van der Waals surface area contributed by atoms with Crippen LogP contribution in [-0.4, -0.2) is 80.5 Å². The summed E-state index contributed by atoms with van der Waals surface area (Å²) in [5.41, 5.74) is -1.02. The number of halogens is 2. The van der Waals surface area contributed by atoms with E-state index < -0.39 is 38.9 Å². The molecule has 2 aliphatic rings. The Labute approximate surface area is 281 Å². The number of nitrogens with one attached hydrogen (secondary N) is 1. The van der Waals surface area contributed by atoms with E-state index in [0.29, 0.717) is 45.3 Å². The molecule has 3 amide bonds. The van der Waals surface area contributed by atoms with E-state index in [9.17, 15) is 27.2 Å². The van der Waals surface area contributed by atoms with Crippen LogP contribution in [-0.2, 0) is 19.6 Å². The van der Waals surface area contributed by atoms with Crippen LogP contribution in [0.2, 0.25) is 5.02 Å². The second-order valence-corrected chi connectivity index (χ2v) is 15.1. The van der Waals surface area contributed by atoms with Crippen molar-refractivity contribution >= 4 is 45.2 Å². The van der Waals surface area contributed by atoms with Crippen molar-refractivity contribution in [3.05, 3.63) is 84.2 Å². The van der Waals surface area contributed by atoms with Gasteiger partial charge >= 0.3 is 6.09 Å². The van der Waals surface area contributed by atoms with Crippen molar-refractivity contribution in [2.24, 2.45) is 5.41 Å². The van der Waals surface area contributed by atoms with E-state index >= 15 is 0 Å². The molecule has 2 aromatic carbocycles. The number of benzene rings is 2. The Bertz CT molecular complexity index is 1620. The molecule has 1 N–H and O–H groups in total. The zero-order chi connectivity index (χ0) is 34.6. The molecular formula is C34H42ClFN4O6S. The fourth-order valence-corrected chi connectivity index (χ4v) is 7.79. The number of rotatable bonds is 10. The summed E-state index contributed by atoms with van der Waals surface area (Å²) in [7, 11) is -4.27. The van der Waals surface area contributed by atoms with Gasteiger partial charge in [-0.2, -0.15) is 0 Å². The van der Waals surface area contributed by atoms with E-state index in [1.54, 1.807) is 15.9 Å². The van der Waals surface area contributed by atoms with E-state index in [-0.39, 0.29) is 46.2 Å². The predicted octanol–water partition coefficient (Wildman–Crippen LogP) is 5.78. The molecule has 0 radical (unpaired) electrons. The molecule has 0 aliphatic carbocycles. The number of amides is 3. The van der Waals surface area contributed by atoms with Gasteiger partial charge in [0.25, 0.3) is 15.9 Å². The number of nitrogens with zero attached hydrogens (tertiary/aromatic N) is 3. The summed E-state index contributed by atoms with van der Waals surface area (Å²) >= 11 is 6.35. The molecule has 2 aliphatic heterocycles. The molecule has 2 saturated heterocycles. The summed E-state index contributed by atoms with van der Waals surface area (Å²) in [4.78, 5) is 42.7. The van der Waals surface area contributed by atoms with Crippen LogP contribution in [0.4, 0.5) is 14.9 Å². The van der Waals surface area contributed by atoms with Crippen LogP contribution in [0.1, 0.15) is 56.8 Å². The van der Waals surface area contributed by atoms with Crippen LogP contribution in [0.5, 0.6) is 0 Å². The monoisotopic (exact) mass is 688 g/mol. The van der Waals surface area contributed by atoms with E-state index in [2.05, 4.69) is 18.5 Å². The minimum absolute atomic E-state index is 0.0745. The topological polar surface area (TPSA) is 116 Å². The van der Waals surface area contributed by atoms with Gasteiger partial charge in [0.05, 0.1) is 22.7 Å².